The molecule has 0 aromatic heterocycles. The van der Waals surface area contributed by atoms with Crippen LogP contribution in [0, 0.1) is 5.92 Å². The van der Waals surface area contributed by atoms with Crippen LogP contribution in [-0.2, 0) is 11.2 Å². The molecule has 188 valence electrons. The van der Waals surface area contributed by atoms with E-state index in [0.717, 1.165) is 73.0 Å². The summed E-state index contributed by atoms with van der Waals surface area (Å²) in [5, 5.41) is 10.0. The Kier molecular flexibility index (Phi) is 6.65. The fraction of sp³-hybridized carbons (Fsp3) is 0.345. The van der Waals surface area contributed by atoms with E-state index in [4.69, 9.17) is 0 Å². The topological polar surface area (TPSA) is 49.8 Å². The number of rotatable bonds is 5. The van der Waals surface area contributed by atoms with Crippen molar-refractivity contribution in [1.29, 1.82) is 0 Å². The molecule has 36 heavy (non-hydrogen) atoms. The van der Waals surface area contributed by atoms with Gasteiger partial charge in [0.15, 0.2) is 0 Å². The Morgan fingerprint density at radius 3 is 2.36 bits per heavy atom. The Morgan fingerprint density at radius 1 is 0.917 bits per heavy atom. The number of alkyl halides is 3. The van der Waals surface area contributed by atoms with Gasteiger partial charge >= 0.3 is 6.36 Å². The summed E-state index contributed by atoms with van der Waals surface area (Å²) in [6, 6.07) is 20.0. The van der Waals surface area contributed by atoms with Crippen LogP contribution in [-0.4, -0.2) is 30.8 Å². The highest BCUT2D eigenvalue weighted by Crippen LogP contribution is 2.47. The molecular formula is C29H28F3NO3. The molecule has 5 rings (SSSR count). The maximum Gasteiger partial charge on any atom is 0.573 e. The molecule has 4 nitrogen and oxygen atoms in total. The van der Waals surface area contributed by atoms with Crippen LogP contribution >= 0.6 is 0 Å². The highest BCUT2D eigenvalue weighted by molar-refractivity contribution is 5.56. The van der Waals surface area contributed by atoms with Crippen LogP contribution in [0.1, 0.15) is 53.4 Å². The Morgan fingerprint density at radius 2 is 1.67 bits per heavy atom. The summed E-state index contributed by atoms with van der Waals surface area (Å²) in [5.74, 6) is -0.00296. The van der Waals surface area contributed by atoms with E-state index in [0.29, 0.717) is 0 Å². The molecule has 2 aliphatic rings. The molecule has 1 fully saturated rings. The molecule has 3 aromatic carbocycles. The van der Waals surface area contributed by atoms with Crippen LogP contribution < -0.4 is 9.64 Å². The molecule has 1 heterocycles. The third-order valence-corrected chi connectivity index (χ3v) is 7.46. The number of hydrogen-bond donors (Lipinski definition) is 1. The van der Waals surface area contributed by atoms with Crippen molar-refractivity contribution in [2.45, 2.75) is 43.9 Å². The number of fused-ring (bicyclic) bond motifs is 1. The molecule has 0 amide bonds. The monoisotopic (exact) mass is 495 g/mol. The maximum atomic E-state index is 12.9. The third kappa shape index (κ3) is 5.20. The van der Waals surface area contributed by atoms with Gasteiger partial charge < -0.3 is 19.5 Å². The van der Waals surface area contributed by atoms with Crippen LogP contribution in [0.15, 0.2) is 66.7 Å². The predicted molar refractivity (Wildman–Crippen MR) is 132 cm³/mol. The molecular weight excluding hydrogens is 467 g/mol. The number of carbonyl (C=O) groups excluding carboxylic acids is 1. The highest BCUT2D eigenvalue weighted by Gasteiger charge is 2.34. The lowest BCUT2D eigenvalue weighted by atomic mass is 9.69. The maximum absolute atomic E-state index is 12.9. The second kappa shape index (κ2) is 9.88. The quantitative estimate of drug-likeness (QED) is 0.407. The molecule has 0 spiro atoms. The van der Waals surface area contributed by atoms with E-state index in [1.807, 2.05) is 12.1 Å². The summed E-state index contributed by atoms with van der Waals surface area (Å²) >= 11 is 0. The zero-order chi connectivity index (χ0) is 25.3. The standard InChI is InChI=1S/C29H28F3NO3/c30-29(31,32)36-25-3-1-2-21(17-25)26-10-6-22-16-24(35)9-11-27(22)28(26)20-4-7-23(8-5-20)33-14-12-19(18-34)13-15-33/h1-5,7-9,11,16-19,26,28,35H,6,10,12-15H2/t26-,28+/m0/s1. The average molecular weight is 496 g/mol. The summed E-state index contributed by atoms with van der Waals surface area (Å²) < 4.78 is 42.8. The number of anilines is 1. The Labute approximate surface area is 208 Å². The minimum Gasteiger partial charge on any atom is -0.508 e. The van der Waals surface area contributed by atoms with Crippen LogP contribution in [0.2, 0.25) is 0 Å². The first-order valence-electron chi connectivity index (χ1n) is 12.3. The number of carbonyl (C=O) groups is 1. The second-order valence-corrected chi connectivity index (χ2v) is 9.68. The number of aryl methyl sites for hydroxylation is 1. The summed E-state index contributed by atoms with van der Waals surface area (Å²) in [6.45, 7) is 1.67. The molecule has 0 radical (unpaired) electrons. The van der Waals surface area contributed by atoms with Crippen LogP contribution in [0.4, 0.5) is 18.9 Å². The Hall–Kier alpha value is -3.48. The van der Waals surface area contributed by atoms with Gasteiger partial charge in [0.25, 0.3) is 0 Å². The van der Waals surface area contributed by atoms with Crippen LogP contribution in [0.5, 0.6) is 11.5 Å². The summed E-state index contributed by atoms with van der Waals surface area (Å²) in [5.41, 5.74) is 5.09. The predicted octanol–water partition coefficient (Wildman–Crippen LogP) is 6.57. The normalized spacial score (nSPS) is 20.6. The van der Waals surface area contributed by atoms with Gasteiger partial charge in [0, 0.05) is 30.6 Å². The van der Waals surface area contributed by atoms with E-state index < -0.39 is 6.36 Å². The van der Waals surface area contributed by atoms with Gasteiger partial charge in [0.1, 0.15) is 17.8 Å². The fourth-order valence-corrected chi connectivity index (χ4v) is 5.71. The minimum atomic E-state index is -4.75. The van der Waals surface area contributed by atoms with Gasteiger partial charge in [-0.1, -0.05) is 30.3 Å². The molecule has 7 heteroatoms. The van der Waals surface area contributed by atoms with Crippen molar-refractivity contribution < 1.29 is 27.8 Å². The van der Waals surface area contributed by atoms with E-state index in [-0.39, 0.29) is 29.3 Å². The molecule has 1 N–H and O–H groups in total. The molecule has 1 aliphatic carbocycles. The van der Waals surface area contributed by atoms with E-state index in [2.05, 4.69) is 33.9 Å². The van der Waals surface area contributed by atoms with Crippen LogP contribution in [0.3, 0.4) is 0 Å². The SMILES string of the molecule is O=CC1CCN(c2ccc([C@H]3c4ccc(O)cc4CC[C@H]3c3cccc(OC(F)(F)F)c3)cc2)CC1. The van der Waals surface area contributed by atoms with E-state index >= 15 is 0 Å². The summed E-state index contributed by atoms with van der Waals surface area (Å²) in [7, 11) is 0. The number of aldehydes is 1. The Bertz CT molecular complexity index is 1220. The van der Waals surface area contributed by atoms with Crippen molar-refractivity contribution in [3.05, 3.63) is 89.0 Å². The van der Waals surface area contributed by atoms with Gasteiger partial charge in [-0.25, -0.2) is 0 Å². The van der Waals surface area contributed by atoms with Crippen molar-refractivity contribution in [3.8, 4) is 11.5 Å². The second-order valence-electron chi connectivity index (χ2n) is 9.68. The fourth-order valence-electron chi connectivity index (χ4n) is 5.71. The van der Waals surface area contributed by atoms with Gasteiger partial charge in [-0.15, -0.1) is 13.2 Å². The number of phenols is 1. The minimum absolute atomic E-state index is 0.0481. The molecule has 1 aliphatic heterocycles. The zero-order valence-electron chi connectivity index (χ0n) is 19.7. The van der Waals surface area contributed by atoms with Gasteiger partial charge in [-0.2, -0.15) is 0 Å². The van der Waals surface area contributed by atoms with E-state index in [1.165, 1.54) is 12.1 Å². The van der Waals surface area contributed by atoms with E-state index in [9.17, 15) is 23.1 Å². The average Bonchev–Trinajstić information content (AvgIpc) is 2.87. The van der Waals surface area contributed by atoms with E-state index in [1.54, 1.807) is 18.2 Å². The zero-order valence-corrected chi connectivity index (χ0v) is 19.7. The number of halogens is 3. The lowest BCUT2D eigenvalue weighted by Gasteiger charge is -2.35. The summed E-state index contributed by atoms with van der Waals surface area (Å²) in [6.07, 6.45) is -0.540. The van der Waals surface area contributed by atoms with Gasteiger partial charge in [-0.05, 0) is 90.3 Å². The number of nitrogens with zero attached hydrogens (tertiary/aromatic N) is 1. The molecule has 2 atom stereocenters. The van der Waals surface area contributed by atoms with Gasteiger partial charge in [-0.3, -0.25) is 0 Å². The number of aromatic hydroxyl groups is 1. The first-order chi connectivity index (χ1) is 17.3. The summed E-state index contributed by atoms with van der Waals surface area (Å²) in [4.78, 5) is 13.4. The number of benzene rings is 3. The lowest BCUT2D eigenvalue weighted by molar-refractivity contribution is -0.274. The largest absolute Gasteiger partial charge is 0.573 e. The Balaban J connectivity index is 1.48. The molecule has 3 aromatic rings. The molecule has 0 bridgehead atoms. The highest BCUT2D eigenvalue weighted by atomic mass is 19.4. The van der Waals surface area contributed by atoms with Crippen LogP contribution in [0.25, 0.3) is 0 Å². The van der Waals surface area contributed by atoms with Crippen molar-refractivity contribution >= 4 is 12.0 Å². The molecule has 1 saturated heterocycles. The number of phenolic OH excluding ortho intramolecular Hbond substituents is 1. The van der Waals surface area contributed by atoms with Crippen molar-refractivity contribution in [3.63, 3.8) is 0 Å². The first-order valence-corrected chi connectivity index (χ1v) is 12.3. The van der Waals surface area contributed by atoms with Crippen molar-refractivity contribution in [1.82, 2.24) is 0 Å². The van der Waals surface area contributed by atoms with Crippen molar-refractivity contribution in [2.75, 3.05) is 18.0 Å². The van der Waals surface area contributed by atoms with Gasteiger partial charge in [0.2, 0.25) is 0 Å². The molecule has 0 unspecified atom stereocenters. The lowest BCUT2D eigenvalue weighted by Crippen LogP contribution is -2.34. The number of ether oxygens (including phenoxy) is 1. The number of hydrogen-bond acceptors (Lipinski definition) is 4. The van der Waals surface area contributed by atoms with Gasteiger partial charge in [0.05, 0.1) is 0 Å². The molecule has 0 saturated carbocycles. The van der Waals surface area contributed by atoms with Crippen molar-refractivity contribution in [2.24, 2.45) is 5.92 Å². The first kappa shape index (κ1) is 24.2. The number of piperidine rings is 1. The third-order valence-electron chi connectivity index (χ3n) is 7.46. The smallest absolute Gasteiger partial charge is 0.508 e.